The smallest absolute Gasteiger partial charge is 0.145 e. The Morgan fingerprint density at radius 3 is 1.67 bits per heavy atom. The van der Waals surface area contributed by atoms with Crippen LogP contribution >= 0.6 is 0 Å². The van der Waals surface area contributed by atoms with Crippen molar-refractivity contribution in [3.05, 3.63) is 121 Å². The topological polar surface area (TPSA) is 17.8 Å². The summed E-state index contributed by atoms with van der Waals surface area (Å²) in [4.78, 5) is 5.20. The van der Waals surface area contributed by atoms with Gasteiger partial charge in [0.15, 0.2) is 0 Å². The zero-order valence-electron chi connectivity index (χ0n) is 16.9. The van der Waals surface area contributed by atoms with Crippen LogP contribution in [0.4, 0.5) is 0 Å². The Labute approximate surface area is 177 Å². The monoisotopic (exact) mass is 386 g/mol. The molecule has 0 aliphatic heterocycles. The van der Waals surface area contributed by atoms with Crippen LogP contribution in [-0.2, 0) is 0 Å². The van der Waals surface area contributed by atoms with E-state index in [4.69, 9.17) is 4.98 Å². The van der Waals surface area contributed by atoms with Gasteiger partial charge in [-0.1, -0.05) is 109 Å². The van der Waals surface area contributed by atoms with Crippen LogP contribution in [0.1, 0.15) is 5.56 Å². The Balaban J connectivity index is 1.88. The first kappa shape index (κ1) is 18.1. The van der Waals surface area contributed by atoms with Crippen molar-refractivity contribution in [2.45, 2.75) is 6.92 Å². The van der Waals surface area contributed by atoms with Crippen molar-refractivity contribution in [1.29, 1.82) is 0 Å². The molecule has 5 aromatic rings. The van der Waals surface area contributed by atoms with Gasteiger partial charge in [-0.05, 0) is 19.1 Å². The highest BCUT2D eigenvalue weighted by Crippen LogP contribution is 2.38. The Bertz CT molecular complexity index is 1250. The van der Waals surface area contributed by atoms with Crippen LogP contribution in [0.25, 0.3) is 39.6 Å². The number of benzene rings is 4. The SMILES string of the molecule is Cc1ccc(-c2nc(-c3ccccc3)c(-c3ccccc3)n2-c2ccccc2)cc1. The second kappa shape index (κ2) is 7.84. The highest BCUT2D eigenvalue weighted by atomic mass is 15.1. The molecule has 0 radical (unpaired) electrons. The van der Waals surface area contributed by atoms with Gasteiger partial charge in [-0.15, -0.1) is 0 Å². The molecule has 1 heterocycles. The second-order valence-electron chi connectivity index (χ2n) is 7.40. The van der Waals surface area contributed by atoms with Gasteiger partial charge in [0.2, 0.25) is 0 Å². The minimum absolute atomic E-state index is 0.943. The van der Waals surface area contributed by atoms with Crippen molar-refractivity contribution >= 4 is 0 Å². The Morgan fingerprint density at radius 2 is 1.07 bits per heavy atom. The van der Waals surface area contributed by atoms with Crippen LogP contribution in [0.3, 0.4) is 0 Å². The fourth-order valence-electron chi connectivity index (χ4n) is 3.80. The van der Waals surface area contributed by atoms with Gasteiger partial charge in [0.05, 0.1) is 11.4 Å². The van der Waals surface area contributed by atoms with Crippen molar-refractivity contribution in [3.8, 4) is 39.6 Å². The highest BCUT2D eigenvalue weighted by molar-refractivity contribution is 5.84. The zero-order valence-corrected chi connectivity index (χ0v) is 16.9. The molecule has 30 heavy (non-hydrogen) atoms. The number of aromatic nitrogens is 2. The van der Waals surface area contributed by atoms with Gasteiger partial charge in [-0.2, -0.15) is 0 Å². The van der Waals surface area contributed by atoms with Crippen LogP contribution in [0.2, 0.25) is 0 Å². The molecular weight excluding hydrogens is 364 g/mol. The number of para-hydroxylation sites is 1. The molecule has 2 heteroatoms. The van der Waals surface area contributed by atoms with Gasteiger partial charge in [-0.25, -0.2) is 4.98 Å². The van der Waals surface area contributed by atoms with Crippen molar-refractivity contribution in [1.82, 2.24) is 9.55 Å². The summed E-state index contributed by atoms with van der Waals surface area (Å²) < 4.78 is 2.28. The molecule has 0 saturated carbocycles. The quantitative estimate of drug-likeness (QED) is 0.320. The van der Waals surface area contributed by atoms with E-state index in [0.29, 0.717) is 0 Å². The highest BCUT2D eigenvalue weighted by Gasteiger charge is 2.22. The fraction of sp³-hybridized carbons (Fsp3) is 0.0357. The van der Waals surface area contributed by atoms with Crippen molar-refractivity contribution < 1.29 is 0 Å². The van der Waals surface area contributed by atoms with Crippen molar-refractivity contribution in [2.75, 3.05) is 0 Å². The predicted octanol–water partition coefficient (Wildman–Crippen LogP) is 7.18. The minimum Gasteiger partial charge on any atom is -0.292 e. The van der Waals surface area contributed by atoms with Gasteiger partial charge < -0.3 is 0 Å². The molecule has 0 aliphatic rings. The molecule has 0 saturated heterocycles. The van der Waals surface area contributed by atoms with Crippen LogP contribution < -0.4 is 0 Å². The summed E-state index contributed by atoms with van der Waals surface area (Å²) in [6, 6.07) is 40.0. The van der Waals surface area contributed by atoms with E-state index < -0.39 is 0 Å². The molecule has 1 aromatic heterocycles. The molecule has 0 atom stereocenters. The van der Waals surface area contributed by atoms with E-state index in [0.717, 1.165) is 39.6 Å². The average Bonchev–Trinajstić information content (AvgIpc) is 3.22. The first-order valence-electron chi connectivity index (χ1n) is 10.2. The zero-order chi connectivity index (χ0) is 20.3. The molecule has 4 aromatic carbocycles. The van der Waals surface area contributed by atoms with E-state index in [2.05, 4.69) is 115 Å². The van der Waals surface area contributed by atoms with Gasteiger partial charge in [0.1, 0.15) is 5.82 Å². The average molecular weight is 386 g/mol. The lowest BCUT2D eigenvalue weighted by atomic mass is 10.0. The largest absolute Gasteiger partial charge is 0.292 e. The summed E-state index contributed by atoms with van der Waals surface area (Å²) in [7, 11) is 0. The third kappa shape index (κ3) is 3.33. The van der Waals surface area contributed by atoms with Gasteiger partial charge in [-0.3, -0.25) is 4.57 Å². The Kier molecular flexibility index (Phi) is 4.74. The third-order valence-corrected chi connectivity index (χ3v) is 5.30. The maximum absolute atomic E-state index is 5.20. The Hall–Kier alpha value is -3.91. The third-order valence-electron chi connectivity index (χ3n) is 5.30. The molecule has 0 aliphatic carbocycles. The number of nitrogens with zero attached hydrogens (tertiary/aromatic N) is 2. The molecule has 144 valence electrons. The number of aryl methyl sites for hydroxylation is 1. The summed E-state index contributed by atoms with van der Waals surface area (Å²) in [5.74, 6) is 0.943. The maximum Gasteiger partial charge on any atom is 0.145 e. The molecular formula is C28H22N2. The van der Waals surface area contributed by atoms with Crippen LogP contribution in [0, 0.1) is 6.92 Å². The molecule has 0 bridgehead atoms. The van der Waals surface area contributed by atoms with E-state index in [1.807, 2.05) is 12.1 Å². The summed E-state index contributed by atoms with van der Waals surface area (Å²) in [6.45, 7) is 2.11. The summed E-state index contributed by atoms with van der Waals surface area (Å²) in [5, 5.41) is 0. The van der Waals surface area contributed by atoms with E-state index in [1.54, 1.807) is 0 Å². The number of imidazole rings is 1. The maximum atomic E-state index is 5.20. The predicted molar refractivity (Wildman–Crippen MR) is 125 cm³/mol. The first-order valence-corrected chi connectivity index (χ1v) is 10.2. The number of hydrogen-bond acceptors (Lipinski definition) is 1. The van der Waals surface area contributed by atoms with E-state index in [1.165, 1.54) is 5.56 Å². The number of rotatable bonds is 4. The number of hydrogen-bond donors (Lipinski definition) is 0. The van der Waals surface area contributed by atoms with Gasteiger partial charge in [0, 0.05) is 22.4 Å². The molecule has 5 rings (SSSR count). The summed E-state index contributed by atoms with van der Waals surface area (Å²) >= 11 is 0. The summed E-state index contributed by atoms with van der Waals surface area (Å²) in [5.41, 5.74) is 7.78. The van der Waals surface area contributed by atoms with Crippen LogP contribution in [-0.4, -0.2) is 9.55 Å². The van der Waals surface area contributed by atoms with E-state index >= 15 is 0 Å². The molecule has 0 spiro atoms. The minimum atomic E-state index is 0.943. The molecule has 0 fully saturated rings. The lowest BCUT2D eigenvalue weighted by molar-refractivity contribution is 1.07. The van der Waals surface area contributed by atoms with E-state index in [9.17, 15) is 0 Å². The second-order valence-corrected chi connectivity index (χ2v) is 7.40. The van der Waals surface area contributed by atoms with E-state index in [-0.39, 0.29) is 0 Å². The van der Waals surface area contributed by atoms with Gasteiger partial charge in [0.25, 0.3) is 0 Å². The van der Waals surface area contributed by atoms with Crippen molar-refractivity contribution in [3.63, 3.8) is 0 Å². The molecule has 0 unspecified atom stereocenters. The lowest BCUT2D eigenvalue weighted by Gasteiger charge is -2.13. The normalized spacial score (nSPS) is 10.8. The summed E-state index contributed by atoms with van der Waals surface area (Å²) in [6.07, 6.45) is 0. The van der Waals surface area contributed by atoms with Crippen LogP contribution in [0.15, 0.2) is 115 Å². The van der Waals surface area contributed by atoms with Crippen LogP contribution in [0.5, 0.6) is 0 Å². The molecule has 0 N–H and O–H groups in total. The van der Waals surface area contributed by atoms with Gasteiger partial charge >= 0.3 is 0 Å². The Morgan fingerprint density at radius 1 is 0.533 bits per heavy atom. The fourth-order valence-corrected chi connectivity index (χ4v) is 3.80. The van der Waals surface area contributed by atoms with Crippen molar-refractivity contribution in [2.24, 2.45) is 0 Å². The molecule has 2 nitrogen and oxygen atoms in total. The lowest BCUT2D eigenvalue weighted by Crippen LogP contribution is -2.00. The first-order chi connectivity index (χ1) is 14.8. The standard InChI is InChI=1S/C28H22N2/c1-21-17-19-24(20-18-21)28-29-26(22-11-5-2-6-12-22)27(23-13-7-3-8-14-23)30(28)25-15-9-4-10-16-25/h2-20H,1H3. The molecule has 0 amide bonds.